The quantitative estimate of drug-likeness (QED) is 0.474. The van der Waals surface area contributed by atoms with Gasteiger partial charge in [0, 0.05) is 17.3 Å². The van der Waals surface area contributed by atoms with Crippen LogP contribution in [0.5, 0.6) is 0 Å². The minimum absolute atomic E-state index is 0.113. The molecule has 0 radical (unpaired) electrons. The highest BCUT2D eigenvalue weighted by Gasteiger charge is 2.49. The molecular weight excluding hydrogens is 448 g/mol. The summed E-state index contributed by atoms with van der Waals surface area (Å²) in [6.07, 6.45) is 7.65. The Balaban J connectivity index is 1.53. The molecule has 1 aliphatic heterocycles. The van der Waals surface area contributed by atoms with Crippen molar-refractivity contribution in [2.45, 2.75) is 83.8 Å². The number of benzene rings is 2. The number of aromatic nitrogens is 2. The van der Waals surface area contributed by atoms with E-state index in [1.165, 1.54) is 18.4 Å². The Kier molecular flexibility index (Phi) is 6.69. The van der Waals surface area contributed by atoms with Crippen molar-refractivity contribution in [2.24, 2.45) is 0 Å². The maximum atomic E-state index is 14.0. The second-order valence-electron chi connectivity index (χ2n) is 10.5. The summed E-state index contributed by atoms with van der Waals surface area (Å²) < 4.78 is 1.72. The van der Waals surface area contributed by atoms with Crippen LogP contribution >= 0.6 is 0 Å². The lowest BCUT2D eigenvalue weighted by atomic mass is 9.93. The first-order valence-electron chi connectivity index (χ1n) is 13.3. The van der Waals surface area contributed by atoms with Gasteiger partial charge in [-0.15, -0.1) is 0 Å². The minimum Gasteiger partial charge on any atom is -0.351 e. The van der Waals surface area contributed by atoms with Gasteiger partial charge < -0.3 is 5.32 Å². The van der Waals surface area contributed by atoms with E-state index in [-0.39, 0.29) is 17.9 Å². The number of hydrogen-bond donors (Lipinski definition) is 1. The van der Waals surface area contributed by atoms with E-state index in [9.17, 15) is 9.59 Å². The summed E-state index contributed by atoms with van der Waals surface area (Å²) >= 11 is 0. The smallest absolute Gasteiger partial charge is 0.277 e. The average Bonchev–Trinajstić information content (AvgIpc) is 3.13. The molecule has 2 heterocycles. The fourth-order valence-electron chi connectivity index (χ4n) is 5.50. The predicted octanol–water partition coefficient (Wildman–Crippen LogP) is 5.68. The molecule has 0 bridgehead atoms. The number of anilines is 1. The van der Waals surface area contributed by atoms with Gasteiger partial charge in [0.25, 0.3) is 5.91 Å². The number of amides is 2. The van der Waals surface area contributed by atoms with Crippen LogP contribution in [-0.4, -0.2) is 33.2 Å². The van der Waals surface area contributed by atoms with E-state index in [1.54, 1.807) is 9.58 Å². The number of fused-ring (bicyclic) bond motifs is 1. The summed E-state index contributed by atoms with van der Waals surface area (Å²) in [6, 6.07) is 18.1. The Hall–Kier alpha value is -3.41. The van der Waals surface area contributed by atoms with Crippen LogP contribution in [0.1, 0.15) is 74.0 Å². The zero-order valence-electron chi connectivity index (χ0n) is 21.6. The molecule has 1 unspecified atom stereocenters. The zero-order chi connectivity index (χ0) is 25.3. The average molecular weight is 485 g/mol. The molecule has 1 saturated carbocycles. The van der Waals surface area contributed by atoms with Crippen LogP contribution in [-0.2, 0) is 17.8 Å². The number of rotatable bonds is 5. The van der Waals surface area contributed by atoms with Crippen LogP contribution in [0.2, 0.25) is 0 Å². The highest BCUT2D eigenvalue weighted by molar-refractivity contribution is 6.12. The van der Waals surface area contributed by atoms with Crippen molar-refractivity contribution in [2.75, 3.05) is 4.90 Å². The summed E-state index contributed by atoms with van der Waals surface area (Å²) in [6.45, 7) is 6.32. The van der Waals surface area contributed by atoms with E-state index in [4.69, 9.17) is 5.10 Å². The second-order valence-corrected chi connectivity index (χ2v) is 10.5. The van der Waals surface area contributed by atoms with Crippen LogP contribution in [0.3, 0.4) is 0 Å². The molecule has 0 saturated heterocycles. The number of aryl methyl sites for hydroxylation is 2. The summed E-state index contributed by atoms with van der Waals surface area (Å²) in [5.41, 5.74) is 4.21. The van der Waals surface area contributed by atoms with E-state index in [1.807, 2.05) is 56.3 Å². The van der Waals surface area contributed by atoms with Gasteiger partial charge in [0.15, 0.2) is 0 Å². The monoisotopic (exact) mass is 484 g/mol. The van der Waals surface area contributed by atoms with Gasteiger partial charge in [0.2, 0.25) is 5.91 Å². The highest BCUT2D eigenvalue weighted by atomic mass is 16.2. The van der Waals surface area contributed by atoms with Gasteiger partial charge in [-0.3, -0.25) is 19.2 Å². The molecule has 1 fully saturated rings. The summed E-state index contributed by atoms with van der Waals surface area (Å²) in [5, 5.41) is 8.11. The van der Waals surface area contributed by atoms with Gasteiger partial charge in [-0.25, -0.2) is 0 Å². The number of nitrogens with zero attached hydrogens (tertiary/aromatic N) is 3. The largest absolute Gasteiger partial charge is 0.351 e. The highest BCUT2D eigenvalue weighted by Crippen LogP contribution is 2.35. The summed E-state index contributed by atoms with van der Waals surface area (Å²) in [7, 11) is 0. The van der Waals surface area contributed by atoms with E-state index >= 15 is 0 Å². The topological polar surface area (TPSA) is 67.2 Å². The molecule has 1 aliphatic carbocycles. The fraction of sp³-hybridized carbons (Fsp3) is 0.433. The Labute approximate surface area is 213 Å². The minimum atomic E-state index is -1.10. The van der Waals surface area contributed by atoms with Crippen molar-refractivity contribution in [3.8, 4) is 11.3 Å². The van der Waals surface area contributed by atoms with Crippen molar-refractivity contribution < 1.29 is 9.59 Å². The van der Waals surface area contributed by atoms with Crippen molar-refractivity contribution in [1.82, 2.24) is 15.1 Å². The molecule has 2 aromatic carbocycles. The Morgan fingerprint density at radius 1 is 1.03 bits per heavy atom. The molecule has 1 atom stereocenters. The Bertz CT molecular complexity index is 1240. The molecule has 2 aliphatic rings. The van der Waals surface area contributed by atoms with Gasteiger partial charge in [-0.2, -0.15) is 5.10 Å². The van der Waals surface area contributed by atoms with Crippen molar-refractivity contribution in [3.63, 3.8) is 0 Å². The molecule has 188 valence electrons. The Morgan fingerprint density at radius 3 is 2.33 bits per heavy atom. The molecule has 0 spiro atoms. The van der Waals surface area contributed by atoms with Gasteiger partial charge in [-0.1, -0.05) is 74.6 Å². The van der Waals surface area contributed by atoms with Gasteiger partial charge in [-0.05, 0) is 56.9 Å². The normalized spacial score (nSPS) is 20.6. The van der Waals surface area contributed by atoms with Crippen LogP contribution in [0.4, 0.5) is 5.69 Å². The number of nitrogens with one attached hydrogen (secondary N) is 1. The first kappa shape index (κ1) is 24.3. The predicted molar refractivity (Wildman–Crippen MR) is 143 cm³/mol. The van der Waals surface area contributed by atoms with Crippen LogP contribution in [0.25, 0.3) is 11.3 Å². The first-order chi connectivity index (χ1) is 17.4. The van der Waals surface area contributed by atoms with Crippen LogP contribution in [0, 0.1) is 6.92 Å². The Morgan fingerprint density at radius 2 is 1.69 bits per heavy atom. The fourth-order valence-corrected chi connectivity index (χ4v) is 5.50. The number of carbonyl (C=O) groups excluding carboxylic acids is 2. The molecule has 6 nitrogen and oxygen atoms in total. The number of hydrogen-bond acceptors (Lipinski definition) is 3. The van der Waals surface area contributed by atoms with E-state index < -0.39 is 5.54 Å². The molecule has 2 amide bonds. The SMILES string of the molecule is CCc1ccc(-c2cc3n(n2)CC(C)(C(=O)NC2CCCCCC2)N(c2ccc(C)cc2)C3=O)cc1. The van der Waals surface area contributed by atoms with Crippen molar-refractivity contribution >= 4 is 17.5 Å². The standard InChI is InChI=1S/C30H36N4O2/c1-4-22-13-15-23(16-14-22)26-19-27-28(35)34(25-17-11-21(2)12-18-25)30(3,20-33(27)32-26)29(36)31-24-9-7-5-6-8-10-24/h11-19,24H,4-10,20H2,1-3H3,(H,31,36). The van der Waals surface area contributed by atoms with Gasteiger partial charge in [0.05, 0.1) is 12.2 Å². The van der Waals surface area contributed by atoms with E-state index in [0.29, 0.717) is 12.2 Å². The molecule has 5 rings (SSSR count). The third-order valence-electron chi connectivity index (χ3n) is 7.78. The summed E-state index contributed by atoms with van der Waals surface area (Å²) in [4.78, 5) is 29.6. The molecule has 3 aromatic rings. The molecule has 36 heavy (non-hydrogen) atoms. The second kappa shape index (κ2) is 9.92. The van der Waals surface area contributed by atoms with Crippen molar-refractivity contribution in [1.29, 1.82) is 0 Å². The van der Waals surface area contributed by atoms with Crippen LogP contribution in [0.15, 0.2) is 54.6 Å². The lowest BCUT2D eigenvalue weighted by Gasteiger charge is -2.43. The summed E-state index contributed by atoms with van der Waals surface area (Å²) in [5.74, 6) is -0.314. The maximum Gasteiger partial charge on any atom is 0.277 e. The lowest BCUT2D eigenvalue weighted by Crippen LogP contribution is -2.65. The lowest BCUT2D eigenvalue weighted by molar-refractivity contribution is -0.127. The van der Waals surface area contributed by atoms with Gasteiger partial charge in [0.1, 0.15) is 11.2 Å². The molecule has 1 N–H and O–H groups in total. The third-order valence-corrected chi connectivity index (χ3v) is 7.78. The van der Waals surface area contributed by atoms with E-state index in [0.717, 1.165) is 54.6 Å². The number of carbonyl (C=O) groups is 2. The third kappa shape index (κ3) is 4.57. The maximum absolute atomic E-state index is 14.0. The van der Waals surface area contributed by atoms with Gasteiger partial charge >= 0.3 is 0 Å². The zero-order valence-corrected chi connectivity index (χ0v) is 21.6. The molecular formula is C30H36N4O2. The van der Waals surface area contributed by atoms with E-state index in [2.05, 4.69) is 24.4 Å². The molecule has 1 aromatic heterocycles. The first-order valence-corrected chi connectivity index (χ1v) is 13.3. The van der Waals surface area contributed by atoms with Crippen molar-refractivity contribution in [3.05, 3.63) is 71.4 Å². The van der Waals surface area contributed by atoms with Crippen LogP contribution < -0.4 is 10.2 Å². The molecule has 6 heteroatoms.